The first-order chi connectivity index (χ1) is 13.0. The maximum absolute atomic E-state index is 12.2. The van der Waals surface area contributed by atoms with Crippen molar-refractivity contribution < 1.29 is 9.53 Å². The third-order valence-electron chi connectivity index (χ3n) is 4.93. The van der Waals surface area contributed by atoms with Gasteiger partial charge in [0, 0.05) is 13.1 Å². The SMILES string of the molecule is Cc1ccc(C)c(OCc2nnc(SCC(=O)NC3CCCCC3)n2C)c1. The van der Waals surface area contributed by atoms with Crippen molar-refractivity contribution in [3.63, 3.8) is 0 Å². The van der Waals surface area contributed by atoms with E-state index in [0.717, 1.165) is 40.7 Å². The summed E-state index contributed by atoms with van der Waals surface area (Å²) in [6, 6.07) is 6.48. The molecule has 0 aliphatic heterocycles. The molecule has 1 heterocycles. The Morgan fingerprint density at radius 2 is 2.04 bits per heavy atom. The standard InChI is InChI=1S/C20H28N4O2S/c1-14-9-10-15(2)17(11-14)26-12-18-22-23-20(24(18)3)27-13-19(25)21-16-7-5-4-6-8-16/h9-11,16H,4-8,12-13H2,1-3H3,(H,21,25). The molecule has 0 atom stereocenters. The molecule has 1 amide bonds. The first-order valence-corrected chi connectivity index (χ1v) is 10.5. The summed E-state index contributed by atoms with van der Waals surface area (Å²) >= 11 is 1.41. The Morgan fingerprint density at radius 1 is 1.26 bits per heavy atom. The molecule has 1 N–H and O–H groups in total. The molecule has 1 saturated carbocycles. The molecular weight excluding hydrogens is 360 g/mol. The Morgan fingerprint density at radius 3 is 2.81 bits per heavy atom. The molecule has 7 heteroatoms. The molecule has 146 valence electrons. The monoisotopic (exact) mass is 388 g/mol. The second-order valence-electron chi connectivity index (χ2n) is 7.21. The van der Waals surface area contributed by atoms with E-state index >= 15 is 0 Å². The van der Waals surface area contributed by atoms with Gasteiger partial charge in [0.05, 0.1) is 5.75 Å². The van der Waals surface area contributed by atoms with Crippen LogP contribution in [-0.2, 0) is 18.4 Å². The third-order valence-corrected chi connectivity index (χ3v) is 5.95. The summed E-state index contributed by atoms with van der Waals surface area (Å²) in [5, 5.41) is 12.3. The molecular formula is C20H28N4O2S. The van der Waals surface area contributed by atoms with Gasteiger partial charge in [0.25, 0.3) is 0 Å². The normalized spacial score (nSPS) is 14.9. The summed E-state index contributed by atoms with van der Waals surface area (Å²) in [7, 11) is 1.91. The van der Waals surface area contributed by atoms with Crippen LogP contribution < -0.4 is 10.1 Å². The number of thioether (sulfide) groups is 1. The molecule has 0 bridgehead atoms. The Labute approximate surface area is 165 Å². The average Bonchev–Trinajstić information content (AvgIpc) is 3.01. The summed E-state index contributed by atoms with van der Waals surface area (Å²) in [4.78, 5) is 12.2. The number of hydrogen-bond acceptors (Lipinski definition) is 5. The minimum atomic E-state index is 0.0723. The van der Waals surface area contributed by atoms with E-state index < -0.39 is 0 Å². The lowest BCUT2D eigenvalue weighted by atomic mass is 9.95. The van der Waals surface area contributed by atoms with Crippen LogP contribution >= 0.6 is 11.8 Å². The van der Waals surface area contributed by atoms with Crippen molar-refractivity contribution in [1.29, 1.82) is 0 Å². The first-order valence-electron chi connectivity index (χ1n) is 9.53. The van der Waals surface area contributed by atoms with Crippen molar-refractivity contribution in [2.75, 3.05) is 5.75 Å². The molecule has 1 aromatic heterocycles. The second-order valence-corrected chi connectivity index (χ2v) is 8.15. The highest BCUT2D eigenvalue weighted by molar-refractivity contribution is 7.99. The summed E-state index contributed by atoms with van der Waals surface area (Å²) in [6.45, 7) is 4.42. The van der Waals surface area contributed by atoms with Gasteiger partial charge in [-0.05, 0) is 43.9 Å². The summed E-state index contributed by atoms with van der Waals surface area (Å²) in [6.07, 6.45) is 5.91. The highest BCUT2D eigenvalue weighted by Gasteiger charge is 2.17. The van der Waals surface area contributed by atoms with Crippen LogP contribution in [0.2, 0.25) is 0 Å². The molecule has 0 radical (unpaired) electrons. The number of amides is 1. The zero-order chi connectivity index (χ0) is 19.2. The van der Waals surface area contributed by atoms with Crippen LogP contribution in [-0.4, -0.2) is 32.5 Å². The summed E-state index contributed by atoms with van der Waals surface area (Å²) < 4.78 is 7.80. The number of rotatable bonds is 7. The maximum atomic E-state index is 12.2. The van der Waals surface area contributed by atoms with Gasteiger partial charge in [-0.3, -0.25) is 4.79 Å². The van der Waals surface area contributed by atoms with Gasteiger partial charge in [-0.1, -0.05) is 43.2 Å². The van der Waals surface area contributed by atoms with Crippen LogP contribution in [0.5, 0.6) is 5.75 Å². The fourth-order valence-corrected chi connectivity index (χ4v) is 3.99. The van der Waals surface area contributed by atoms with Crippen molar-refractivity contribution in [1.82, 2.24) is 20.1 Å². The van der Waals surface area contributed by atoms with Crippen LogP contribution in [0.1, 0.15) is 49.1 Å². The predicted molar refractivity (Wildman–Crippen MR) is 107 cm³/mol. The van der Waals surface area contributed by atoms with Crippen molar-refractivity contribution in [2.45, 2.75) is 63.8 Å². The number of carbonyl (C=O) groups is 1. The van der Waals surface area contributed by atoms with Crippen molar-refractivity contribution in [3.05, 3.63) is 35.2 Å². The third kappa shape index (κ3) is 5.48. The van der Waals surface area contributed by atoms with E-state index in [1.807, 2.05) is 37.6 Å². The van der Waals surface area contributed by atoms with E-state index in [4.69, 9.17) is 4.74 Å². The van der Waals surface area contributed by atoms with Gasteiger partial charge in [-0.25, -0.2) is 0 Å². The smallest absolute Gasteiger partial charge is 0.230 e. The molecule has 0 saturated heterocycles. The quantitative estimate of drug-likeness (QED) is 0.735. The van der Waals surface area contributed by atoms with E-state index in [-0.39, 0.29) is 5.91 Å². The van der Waals surface area contributed by atoms with Gasteiger partial charge in [-0.15, -0.1) is 10.2 Å². The fourth-order valence-electron chi connectivity index (χ4n) is 3.25. The minimum Gasteiger partial charge on any atom is -0.485 e. The largest absolute Gasteiger partial charge is 0.485 e. The Balaban J connectivity index is 1.50. The van der Waals surface area contributed by atoms with Crippen LogP contribution in [0.4, 0.5) is 0 Å². The van der Waals surface area contributed by atoms with Crippen LogP contribution in [0.15, 0.2) is 23.4 Å². The molecule has 3 rings (SSSR count). The van der Waals surface area contributed by atoms with Crippen molar-refractivity contribution in [2.24, 2.45) is 7.05 Å². The Bertz CT molecular complexity index is 784. The maximum Gasteiger partial charge on any atom is 0.230 e. The highest BCUT2D eigenvalue weighted by Crippen LogP contribution is 2.22. The zero-order valence-corrected chi connectivity index (χ0v) is 17.1. The topological polar surface area (TPSA) is 69.0 Å². The first kappa shape index (κ1) is 19.7. The van der Waals surface area contributed by atoms with Crippen LogP contribution in [0, 0.1) is 13.8 Å². The van der Waals surface area contributed by atoms with Gasteiger partial charge >= 0.3 is 0 Å². The van der Waals surface area contributed by atoms with Gasteiger partial charge in [0.2, 0.25) is 5.91 Å². The number of aryl methyl sites for hydroxylation is 2. The zero-order valence-electron chi connectivity index (χ0n) is 16.3. The molecule has 0 unspecified atom stereocenters. The minimum absolute atomic E-state index is 0.0723. The number of aromatic nitrogens is 3. The van der Waals surface area contributed by atoms with Crippen LogP contribution in [0.3, 0.4) is 0 Å². The molecule has 1 fully saturated rings. The number of ether oxygens (including phenoxy) is 1. The lowest BCUT2D eigenvalue weighted by Gasteiger charge is -2.22. The molecule has 1 aromatic carbocycles. The van der Waals surface area contributed by atoms with Crippen molar-refractivity contribution in [3.8, 4) is 5.75 Å². The van der Waals surface area contributed by atoms with Gasteiger partial charge in [0.15, 0.2) is 11.0 Å². The Kier molecular flexibility index (Phi) is 6.77. The number of hydrogen-bond donors (Lipinski definition) is 1. The summed E-state index contributed by atoms with van der Waals surface area (Å²) in [5.74, 6) is 2.04. The van der Waals surface area contributed by atoms with Crippen molar-refractivity contribution >= 4 is 17.7 Å². The number of benzene rings is 1. The van der Waals surface area contributed by atoms with Gasteiger partial charge in [-0.2, -0.15) is 0 Å². The van der Waals surface area contributed by atoms with E-state index in [0.29, 0.717) is 18.4 Å². The summed E-state index contributed by atoms with van der Waals surface area (Å²) in [5.41, 5.74) is 2.26. The lowest BCUT2D eigenvalue weighted by Crippen LogP contribution is -2.37. The van der Waals surface area contributed by atoms with E-state index in [1.165, 1.54) is 31.0 Å². The lowest BCUT2D eigenvalue weighted by molar-refractivity contribution is -0.119. The van der Waals surface area contributed by atoms with E-state index in [2.05, 4.69) is 21.6 Å². The molecule has 0 spiro atoms. The molecule has 1 aliphatic rings. The second kappa shape index (κ2) is 9.26. The van der Waals surface area contributed by atoms with E-state index in [9.17, 15) is 4.79 Å². The number of nitrogens with zero attached hydrogens (tertiary/aromatic N) is 3. The molecule has 2 aromatic rings. The van der Waals surface area contributed by atoms with Crippen LogP contribution in [0.25, 0.3) is 0 Å². The predicted octanol–water partition coefficient (Wildman–Crippen LogP) is 3.55. The molecule has 1 aliphatic carbocycles. The Hall–Kier alpha value is -2.02. The fraction of sp³-hybridized carbons (Fsp3) is 0.550. The van der Waals surface area contributed by atoms with Gasteiger partial charge < -0.3 is 14.6 Å². The number of carbonyl (C=O) groups excluding carboxylic acids is 1. The van der Waals surface area contributed by atoms with E-state index in [1.54, 1.807) is 0 Å². The highest BCUT2D eigenvalue weighted by atomic mass is 32.2. The average molecular weight is 389 g/mol. The molecule has 6 nitrogen and oxygen atoms in total. The number of nitrogens with one attached hydrogen (secondary N) is 1. The van der Waals surface area contributed by atoms with Gasteiger partial charge in [0.1, 0.15) is 12.4 Å². The molecule has 27 heavy (non-hydrogen) atoms.